The lowest BCUT2D eigenvalue weighted by Crippen LogP contribution is -2.65. The van der Waals surface area contributed by atoms with Crippen LogP contribution in [-0.2, 0) is 26.2 Å². The number of carboxylic acids is 2. The van der Waals surface area contributed by atoms with E-state index in [4.69, 9.17) is 25.4 Å². The molecule has 2 heterocycles. The van der Waals surface area contributed by atoms with Gasteiger partial charge in [-0.3, -0.25) is 14.4 Å². The van der Waals surface area contributed by atoms with Gasteiger partial charge in [-0.05, 0) is 56.8 Å². The van der Waals surface area contributed by atoms with E-state index >= 15 is 0 Å². The summed E-state index contributed by atoms with van der Waals surface area (Å²) in [5.74, 6) is 0.262. The number of nitrogens with zero attached hydrogens (tertiary/aromatic N) is 1. The standard InChI is InChI=1S/C18H21NO3.C5H9NO4/c1-19-8-7-18-11-4-5-13(20)17(18)22-16-14(21-2)6-3-10(15(16)18)9-12(11)19;6-3(5(9)10)1-2-4(7)8/h3,6,11-12,17H,4-5,7-9H2,1-2H3;3H,1-2,6H2,(H,7,8)(H,9,10)/t11-,12+,17-,18-;3-/m00/s1. The Morgan fingerprint density at radius 3 is 2.78 bits per heavy atom. The minimum absolute atomic E-state index is 0.0231. The maximum absolute atomic E-state index is 12.6. The van der Waals surface area contributed by atoms with E-state index in [1.807, 2.05) is 6.07 Å². The first-order valence-corrected chi connectivity index (χ1v) is 11.0. The third kappa shape index (κ3) is 3.44. The largest absolute Gasteiger partial charge is 0.493 e. The molecule has 2 bridgehead atoms. The van der Waals surface area contributed by atoms with Crippen LogP contribution in [0.2, 0.25) is 0 Å². The Hall–Kier alpha value is -2.65. The molecule has 1 spiro atoms. The Bertz CT molecular complexity index is 949. The Balaban J connectivity index is 0.000000211. The predicted octanol–water partition coefficient (Wildman–Crippen LogP) is 1.20. The van der Waals surface area contributed by atoms with Crippen molar-refractivity contribution in [2.45, 2.75) is 62.1 Å². The highest BCUT2D eigenvalue weighted by Crippen LogP contribution is 2.63. The SMILES string of the molecule is COc1ccc2c3c1O[C@H]1C(=O)CC[C@H]4[C@@H](C2)N(C)CC[C@]314.N[C@@H](CCC(=O)O)C(=O)O. The maximum Gasteiger partial charge on any atom is 0.320 e. The highest BCUT2D eigenvalue weighted by molar-refractivity contribution is 5.89. The molecule has 1 aromatic carbocycles. The van der Waals surface area contributed by atoms with Crippen molar-refractivity contribution in [1.29, 1.82) is 0 Å². The summed E-state index contributed by atoms with van der Waals surface area (Å²) in [6, 6.07) is 3.67. The number of methoxy groups -OCH3 is 1. The summed E-state index contributed by atoms with van der Waals surface area (Å²) in [6.45, 7) is 1.05. The van der Waals surface area contributed by atoms with E-state index in [1.165, 1.54) is 11.1 Å². The number of ketones is 1. The topological polar surface area (TPSA) is 139 Å². The van der Waals surface area contributed by atoms with Crippen LogP contribution >= 0.6 is 0 Å². The number of rotatable bonds is 5. The molecule has 5 rings (SSSR count). The molecule has 0 radical (unpaired) electrons. The molecule has 2 aliphatic carbocycles. The quantitative estimate of drug-likeness (QED) is 0.608. The summed E-state index contributed by atoms with van der Waals surface area (Å²) < 4.78 is 11.8. The van der Waals surface area contributed by atoms with Gasteiger partial charge in [-0.15, -0.1) is 0 Å². The van der Waals surface area contributed by atoms with Gasteiger partial charge in [0.2, 0.25) is 0 Å². The zero-order valence-electron chi connectivity index (χ0n) is 18.4. The number of hydrogen-bond acceptors (Lipinski definition) is 7. The Kier molecular flexibility index (Phi) is 5.89. The summed E-state index contributed by atoms with van der Waals surface area (Å²) in [6.07, 6.45) is 3.25. The number of Topliss-reactive ketones (excluding diaryl/α,β-unsaturated/α-hetero) is 1. The molecule has 0 unspecified atom stereocenters. The van der Waals surface area contributed by atoms with E-state index in [-0.39, 0.29) is 30.1 Å². The van der Waals surface area contributed by atoms with E-state index < -0.39 is 18.0 Å². The van der Waals surface area contributed by atoms with E-state index in [2.05, 4.69) is 18.0 Å². The summed E-state index contributed by atoms with van der Waals surface area (Å²) in [5.41, 5.74) is 7.58. The molecular formula is C23H30N2O7. The van der Waals surface area contributed by atoms with Gasteiger partial charge in [0.25, 0.3) is 0 Å². The van der Waals surface area contributed by atoms with Crippen molar-refractivity contribution in [2.24, 2.45) is 11.7 Å². The van der Waals surface area contributed by atoms with Crippen LogP contribution in [0.5, 0.6) is 11.5 Å². The fourth-order valence-corrected chi connectivity index (χ4v) is 6.07. The zero-order valence-corrected chi connectivity index (χ0v) is 18.4. The number of aliphatic carboxylic acids is 2. The second-order valence-corrected chi connectivity index (χ2v) is 9.16. The lowest BCUT2D eigenvalue weighted by molar-refractivity contribution is -0.140. The first-order valence-electron chi connectivity index (χ1n) is 11.0. The molecular weight excluding hydrogens is 416 g/mol. The number of nitrogens with two attached hydrogens (primary N) is 1. The van der Waals surface area contributed by atoms with Crippen molar-refractivity contribution in [3.8, 4) is 11.5 Å². The Morgan fingerprint density at radius 1 is 1.38 bits per heavy atom. The second-order valence-electron chi connectivity index (χ2n) is 9.16. The smallest absolute Gasteiger partial charge is 0.320 e. The van der Waals surface area contributed by atoms with Gasteiger partial charge < -0.3 is 30.3 Å². The molecule has 9 nitrogen and oxygen atoms in total. The number of carbonyl (C=O) groups is 3. The van der Waals surface area contributed by atoms with Crippen molar-refractivity contribution < 1.29 is 34.1 Å². The van der Waals surface area contributed by atoms with E-state index in [0.717, 1.165) is 37.3 Å². The molecule has 0 aromatic heterocycles. The van der Waals surface area contributed by atoms with E-state index in [1.54, 1.807) is 7.11 Å². The molecule has 0 amide bonds. The number of ether oxygens (including phenoxy) is 2. The Morgan fingerprint density at radius 2 is 2.12 bits per heavy atom. The molecule has 32 heavy (non-hydrogen) atoms. The minimum atomic E-state index is -1.17. The van der Waals surface area contributed by atoms with Crippen LogP contribution < -0.4 is 15.2 Å². The molecule has 2 fully saturated rings. The second kappa shape index (κ2) is 8.37. The number of likely N-dealkylation sites (N-methyl/N-ethyl adjacent to an activating group) is 1. The molecule has 1 saturated carbocycles. The monoisotopic (exact) mass is 446 g/mol. The fourth-order valence-electron chi connectivity index (χ4n) is 6.07. The van der Waals surface area contributed by atoms with Gasteiger partial charge in [-0.2, -0.15) is 0 Å². The molecule has 4 N–H and O–H groups in total. The highest BCUT2D eigenvalue weighted by Gasteiger charge is 2.65. The van der Waals surface area contributed by atoms with Gasteiger partial charge >= 0.3 is 11.9 Å². The summed E-state index contributed by atoms with van der Waals surface area (Å²) in [7, 11) is 3.91. The number of carbonyl (C=O) groups excluding carboxylic acids is 1. The average molecular weight is 447 g/mol. The van der Waals surface area contributed by atoms with E-state index in [0.29, 0.717) is 18.4 Å². The van der Waals surface area contributed by atoms with Crippen LogP contribution in [0.3, 0.4) is 0 Å². The number of benzene rings is 1. The van der Waals surface area contributed by atoms with Crippen LogP contribution in [-0.4, -0.2) is 71.7 Å². The number of likely N-dealkylation sites (tertiary alicyclic amines) is 1. The lowest BCUT2D eigenvalue weighted by Gasteiger charge is -2.57. The van der Waals surface area contributed by atoms with Crippen LogP contribution in [0.15, 0.2) is 12.1 Å². The molecule has 5 atom stereocenters. The third-order valence-corrected chi connectivity index (χ3v) is 7.58. The number of piperidine rings is 1. The zero-order chi connectivity index (χ0) is 23.2. The molecule has 1 saturated heterocycles. The first kappa shape index (κ1) is 22.5. The van der Waals surface area contributed by atoms with Crippen molar-refractivity contribution in [3.05, 3.63) is 23.3 Å². The molecule has 4 aliphatic rings. The molecule has 1 aromatic rings. The Labute approximate surface area is 186 Å². The third-order valence-electron chi connectivity index (χ3n) is 7.58. The first-order chi connectivity index (χ1) is 15.2. The maximum atomic E-state index is 12.6. The van der Waals surface area contributed by atoms with Gasteiger partial charge in [-0.25, -0.2) is 0 Å². The number of carboxylic acid groups (broad SMARTS) is 2. The van der Waals surface area contributed by atoms with Gasteiger partial charge in [0.05, 0.1) is 7.11 Å². The molecule has 2 aliphatic heterocycles. The number of hydrogen-bond donors (Lipinski definition) is 3. The predicted molar refractivity (Wildman–Crippen MR) is 114 cm³/mol. The van der Waals surface area contributed by atoms with Gasteiger partial charge in [0.1, 0.15) is 6.04 Å². The van der Waals surface area contributed by atoms with Crippen molar-refractivity contribution in [1.82, 2.24) is 4.90 Å². The van der Waals surface area contributed by atoms with Crippen molar-refractivity contribution in [3.63, 3.8) is 0 Å². The fraction of sp³-hybridized carbons (Fsp3) is 0.609. The van der Waals surface area contributed by atoms with Crippen LogP contribution in [0, 0.1) is 5.92 Å². The summed E-state index contributed by atoms with van der Waals surface area (Å²) in [4.78, 5) is 35.0. The lowest BCUT2D eigenvalue weighted by atomic mass is 9.52. The molecule has 174 valence electrons. The van der Waals surface area contributed by atoms with Crippen molar-refractivity contribution >= 4 is 17.7 Å². The molecule has 9 heteroatoms. The highest BCUT2D eigenvalue weighted by atomic mass is 16.5. The van der Waals surface area contributed by atoms with Crippen LogP contribution in [0.1, 0.15) is 43.2 Å². The van der Waals surface area contributed by atoms with Crippen LogP contribution in [0.4, 0.5) is 0 Å². The van der Waals surface area contributed by atoms with Gasteiger partial charge in [-0.1, -0.05) is 6.07 Å². The van der Waals surface area contributed by atoms with Crippen LogP contribution in [0.25, 0.3) is 0 Å². The minimum Gasteiger partial charge on any atom is -0.493 e. The normalized spacial score (nSPS) is 30.3. The average Bonchev–Trinajstić information content (AvgIpc) is 3.11. The van der Waals surface area contributed by atoms with E-state index in [9.17, 15) is 14.4 Å². The summed E-state index contributed by atoms with van der Waals surface area (Å²) in [5, 5.41) is 16.3. The van der Waals surface area contributed by atoms with Gasteiger partial charge in [0, 0.05) is 29.9 Å². The summed E-state index contributed by atoms with van der Waals surface area (Å²) >= 11 is 0. The van der Waals surface area contributed by atoms with Crippen molar-refractivity contribution in [2.75, 3.05) is 20.7 Å². The van der Waals surface area contributed by atoms with Gasteiger partial charge in [0.15, 0.2) is 23.4 Å².